The van der Waals surface area contributed by atoms with Gasteiger partial charge in [0.2, 0.25) is 17.7 Å². The minimum Gasteiger partial charge on any atom is -0.495 e. The molecule has 2 aliphatic rings. The van der Waals surface area contributed by atoms with Crippen molar-refractivity contribution < 1.29 is 19.1 Å². The Hall–Kier alpha value is -2.34. The summed E-state index contributed by atoms with van der Waals surface area (Å²) in [6.07, 6.45) is 4.93. The predicted octanol–water partition coefficient (Wildman–Crippen LogP) is 2.55. The molecule has 1 N–H and O–H groups in total. The van der Waals surface area contributed by atoms with Crippen LogP contribution in [-0.2, 0) is 14.4 Å². The number of fused-ring (bicyclic) bond motifs is 1. The highest BCUT2D eigenvalue weighted by Gasteiger charge is 2.47. The highest BCUT2D eigenvalue weighted by molar-refractivity contribution is 6.31. The van der Waals surface area contributed by atoms with Gasteiger partial charge in [0.05, 0.1) is 24.6 Å². The first kappa shape index (κ1) is 17.5. The van der Waals surface area contributed by atoms with Gasteiger partial charge in [-0.3, -0.25) is 19.3 Å². The SMILES string of the molecule is COc1cc(Cl)c(C)cc1NC(=O)CN1C(=O)[C@H]2CC=CC[C@@H]2C1=O. The zero-order valence-corrected chi connectivity index (χ0v) is 14.8. The molecular formula is C18H19ClN2O4. The number of nitrogens with one attached hydrogen (secondary N) is 1. The summed E-state index contributed by atoms with van der Waals surface area (Å²) >= 11 is 6.05. The van der Waals surface area contributed by atoms with Crippen LogP contribution in [0.4, 0.5) is 5.69 Å². The van der Waals surface area contributed by atoms with Crippen LogP contribution in [0.3, 0.4) is 0 Å². The Labute approximate surface area is 150 Å². The Morgan fingerprint density at radius 2 is 1.84 bits per heavy atom. The maximum Gasteiger partial charge on any atom is 0.244 e. The topological polar surface area (TPSA) is 75.7 Å². The molecule has 25 heavy (non-hydrogen) atoms. The molecular weight excluding hydrogens is 344 g/mol. The number of methoxy groups -OCH3 is 1. The van der Waals surface area contributed by atoms with Gasteiger partial charge in [0.1, 0.15) is 12.3 Å². The summed E-state index contributed by atoms with van der Waals surface area (Å²) in [5.74, 6) is -1.24. The number of benzene rings is 1. The zero-order chi connectivity index (χ0) is 18.1. The molecule has 1 fully saturated rings. The lowest BCUT2D eigenvalue weighted by molar-refractivity contribution is -0.142. The summed E-state index contributed by atoms with van der Waals surface area (Å²) < 4.78 is 5.22. The average molecular weight is 363 g/mol. The molecule has 1 saturated heterocycles. The molecule has 132 valence electrons. The van der Waals surface area contributed by atoms with Crippen LogP contribution in [0.2, 0.25) is 5.02 Å². The van der Waals surface area contributed by atoms with Crippen molar-refractivity contribution in [3.05, 3.63) is 34.9 Å². The summed E-state index contributed by atoms with van der Waals surface area (Å²) in [6, 6.07) is 3.30. The van der Waals surface area contributed by atoms with Crippen LogP contribution in [0, 0.1) is 18.8 Å². The summed E-state index contributed by atoms with van der Waals surface area (Å²) in [7, 11) is 1.47. The summed E-state index contributed by atoms with van der Waals surface area (Å²) in [5, 5.41) is 3.22. The lowest BCUT2D eigenvalue weighted by atomic mass is 9.85. The van der Waals surface area contributed by atoms with Crippen LogP contribution in [0.15, 0.2) is 24.3 Å². The number of carbonyl (C=O) groups is 3. The van der Waals surface area contributed by atoms with Crippen LogP contribution in [0.1, 0.15) is 18.4 Å². The van der Waals surface area contributed by atoms with Gasteiger partial charge in [-0.05, 0) is 31.4 Å². The third-order valence-corrected chi connectivity index (χ3v) is 5.06. The van der Waals surface area contributed by atoms with Crippen LogP contribution in [-0.4, -0.2) is 36.3 Å². The number of hydrogen-bond acceptors (Lipinski definition) is 4. The molecule has 1 aromatic carbocycles. The lowest BCUT2D eigenvalue weighted by Crippen LogP contribution is -2.38. The number of imide groups is 1. The van der Waals surface area contributed by atoms with Gasteiger partial charge in [-0.2, -0.15) is 0 Å². The fraction of sp³-hybridized carbons (Fsp3) is 0.389. The molecule has 0 spiro atoms. The van der Waals surface area contributed by atoms with Gasteiger partial charge in [-0.1, -0.05) is 23.8 Å². The summed E-state index contributed by atoms with van der Waals surface area (Å²) in [6.45, 7) is 1.51. The first-order valence-corrected chi connectivity index (χ1v) is 8.44. The third-order valence-electron chi connectivity index (χ3n) is 4.66. The van der Waals surface area contributed by atoms with E-state index in [1.165, 1.54) is 7.11 Å². The van der Waals surface area contributed by atoms with E-state index in [2.05, 4.69) is 5.32 Å². The van der Waals surface area contributed by atoms with Crippen LogP contribution in [0.5, 0.6) is 5.75 Å². The van der Waals surface area contributed by atoms with E-state index in [4.69, 9.17) is 16.3 Å². The van der Waals surface area contributed by atoms with E-state index in [-0.39, 0.29) is 30.2 Å². The van der Waals surface area contributed by atoms with Crippen molar-refractivity contribution in [1.29, 1.82) is 0 Å². The Balaban J connectivity index is 1.72. The summed E-state index contributed by atoms with van der Waals surface area (Å²) in [5.41, 5.74) is 1.23. The number of hydrogen-bond donors (Lipinski definition) is 1. The molecule has 0 bridgehead atoms. The first-order valence-electron chi connectivity index (χ1n) is 8.06. The highest BCUT2D eigenvalue weighted by atomic mass is 35.5. The molecule has 2 atom stereocenters. The molecule has 0 aromatic heterocycles. The largest absolute Gasteiger partial charge is 0.495 e. The molecule has 1 heterocycles. The van der Waals surface area contributed by atoms with Gasteiger partial charge >= 0.3 is 0 Å². The Bertz CT molecular complexity index is 749. The molecule has 0 radical (unpaired) electrons. The van der Waals surface area contributed by atoms with E-state index < -0.39 is 5.91 Å². The van der Waals surface area contributed by atoms with Gasteiger partial charge in [-0.15, -0.1) is 0 Å². The van der Waals surface area contributed by atoms with Gasteiger partial charge < -0.3 is 10.1 Å². The van der Waals surface area contributed by atoms with Crippen molar-refractivity contribution in [3.8, 4) is 5.75 Å². The van der Waals surface area contributed by atoms with Crippen molar-refractivity contribution >= 4 is 35.0 Å². The summed E-state index contributed by atoms with van der Waals surface area (Å²) in [4.78, 5) is 38.2. The Morgan fingerprint density at radius 1 is 1.24 bits per heavy atom. The third kappa shape index (κ3) is 3.26. The maximum absolute atomic E-state index is 12.4. The average Bonchev–Trinajstić information content (AvgIpc) is 2.83. The van der Waals surface area contributed by atoms with Crippen molar-refractivity contribution in [2.24, 2.45) is 11.8 Å². The first-order chi connectivity index (χ1) is 11.9. The number of rotatable bonds is 4. The number of halogens is 1. The number of ether oxygens (including phenoxy) is 1. The number of aryl methyl sites for hydroxylation is 1. The smallest absolute Gasteiger partial charge is 0.244 e. The maximum atomic E-state index is 12.4. The lowest BCUT2D eigenvalue weighted by Gasteiger charge is -2.16. The number of amides is 3. The van der Waals surface area contributed by atoms with Crippen LogP contribution < -0.4 is 10.1 Å². The predicted molar refractivity (Wildman–Crippen MR) is 93.4 cm³/mol. The normalized spacial score (nSPS) is 22.1. The second-order valence-corrected chi connectivity index (χ2v) is 6.68. The van der Waals surface area contributed by atoms with Crippen molar-refractivity contribution in [3.63, 3.8) is 0 Å². The molecule has 3 amide bonds. The minimum atomic E-state index is -0.451. The molecule has 0 saturated carbocycles. The fourth-order valence-electron chi connectivity index (χ4n) is 3.29. The molecule has 3 rings (SSSR count). The van der Waals surface area contributed by atoms with E-state index in [1.54, 1.807) is 12.1 Å². The van der Waals surface area contributed by atoms with Crippen LogP contribution in [0.25, 0.3) is 0 Å². The van der Waals surface area contributed by atoms with E-state index in [1.807, 2.05) is 19.1 Å². The van der Waals surface area contributed by atoms with E-state index >= 15 is 0 Å². The highest BCUT2D eigenvalue weighted by Crippen LogP contribution is 2.35. The molecule has 1 aromatic rings. The number of allylic oxidation sites excluding steroid dienone is 2. The van der Waals surface area contributed by atoms with Gasteiger partial charge in [0.15, 0.2) is 0 Å². The monoisotopic (exact) mass is 362 g/mol. The molecule has 6 nitrogen and oxygen atoms in total. The van der Waals surface area contributed by atoms with E-state index in [0.29, 0.717) is 29.3 Å². The van der Waals surface area contributed by atoms with Gasteiger partial charge in [0.25, 0.3) is 0 Å². The zero-order valence-electron chi connectivity index (χ0n) is 14.0. The number of nitrogens with zero attached hydrogens (tertiary/aromatic N) is 1. The van der Waals surface area contributed by atoms with E-state index in [9.17, 15) is 14.4 Å². The Kier molecular flexibility index (Phi) is 4.81. The van der Waals surface area contributed by atoms with E-state index in [0.717, 1.165) is 10.5 Å². The van der Waals surface area contributed by atoms with Crippen LogP contribution >= 0.6 is 11.6 Å². The Morgan fingerprint density at radius 3 is 2.40 bits per heavy atom. The number of likely N-dealkylation sites (tertiary alicyclic amines) is 1. The molecule has 0 unspecified atom stereocenters. The van der Waals surface area contributed by atoms with Crippen molar-refractivity contribution in [2.75, 3.05) is 19.0 Å². The number of anilines is 1. The minimum absolute atomic E-state index is 0.270. The quantitative estimate of drug-likeness (QED) is 0.659. The second kappa shape index (κ2) is 6.88. The number of carbonyl (C=O) groups excluding carboxylic acids is 3. The standard InChI is InChI=1S/C18H19ClN2O4/c1-10-7-14(15(25-2)8-13(10)19)20-16(22)9-21-17(23)11-5-3-4-6-12(11)18(21)24/h3-4,7-8,11-12H,5-6,9H2,1-2H3,(H,20,22)/t11-,12-/m0/s1. The molecule has 1 aliphatic carbocycles. The van der Waals surface area contributed by atoms with Gasteiger partial charge in [-0.25, -0.2) is 0 Å². The van der Waals surface area contributed by atoms with Gasteiger partial charge in [0, 0.05) is 11.1 Å². The second-order valence-electron chi connectivity index (χ2n) is 6.27. The van der Waals surface area contributed by atoms with Crippen molar-refractivity contribution in [1.82, 2.24) is 4.90 Å². The molecule has 1 aliphatic heterocycles. The fourth-order valence-corrected chi connectivity index (χ4v) is 3.44. The molecule has 7 heteroatoms. The van der Waals surface area contributed by atoms with Crippen molar-refractivity contribution in [2.45, 2.75) is 19.8 Å².